The van der Waals surface area contributed by atoms with Crippen LogP contribution >= 0.6 is 11.6 Å². The summed E-state index contributed by atoms with van der Waals surface area (Å²) in [6.07, 6.45) is -0.359. The fourth-order valence-corrected chi connectivity index (χ4v) is 5.98. The van der Waals surface area contributed by atoms with Crippen LogP contribution in [0.5, 0.6) is 0 Å². The number of benzene rings is 2. The van der Waals surface area contributed by atoms with Gasteiger partial charge in [0.25, 0.3) is 0 Å². The molecule has 1 aliphatic carbocycles. The molecule has 160 valence electrons. The van der Waals surface area contributed by atoms with E-state index in [1.165, 1.54) is 12.1 Å². The number of nitrogens with one attached hydrogen (secondary N) is 1. The van der Waals surface area contributed by atoms with Crippen molar-refractivity contribution >= 4 is 33.8 Å². The zero-order chi connectivity index (χ0) is 22.3. The van der Waals surface area contributed by atoms with E-state index in [2.05, 4.69) is 5.32 Å². The Bertz CT molecular complexity index is 1060. The minimum Gasteiger partial charge on any atom is -0.444 e. The smallest absolute Gasteiger partial charge is 0.408 e. The number of rotatable bonds is 5. The Hall–Kier alpha value is -2.38. The van der Waals surface area contributed by atoms with Gasteiger partial charge in [-0.05, 0) is 57.5 Å². The van der Waals surface area contributed by atoms with Crippen molar-refractivity contribution in [2.24, 2.45) is 0 Å². The molecule has 0 unspecified atom stereocenters. The number of sulfone groups is 1. The SMILES string of the molecule is Cc1ccc(S(=O)(=O)[C@H]2[C@H](c3ccc(Cl)cc3)[C@@]2(C=O)NC(=O)OC(C)(C)C)cc1. The molecule has 8 heteroatoms. The summed E-state index contributed by atoms with van der Waals surface area (Å²) < 4.78 is 32.1. The van der Waals surface area contributed by atoms with E-state index in [0.717, 1.165) is 5.56 Å². The molecular formula is C22H24ClNO5S. The van der Waals surface area contributed by atoms with E-state index in [9.17, 15) is 18.0 Å². The molecular weight excluding hydrogens is 426 g/mol. The predicted molar refractivity (Wildman–Crippen MR) is 115 cm³/mol. The summed E-state index contributed by atoms with van der Waals surface area (Å²) in [5.74, 6) is -0.772. The summed E-state index contributed by atoms with van der Waals surface area (Å²) >= 11 is 5.96. The van der Waals surface area contributed by atoms with E-state index in [4.69, 9.17) is 16.3 Å². The minimum atomic E-state index is -3.93. The molecule has 0 aromatic heterocycles. The summed E-state index contributed by atoms with van der Waals surface area (Å²) in [5.41, 5.74) is -0.944. The summed E-state index contributed by atoms with van der Waals surface area (Å²) in [4.78, 5) is 24.8. The number of halogens is 1. The van der Waals surface area contributed by atoms with Crippen LogP contribution in [0.2, 0.25) is 5.02 Å². The monoisotopic (exact) mass is 449 g/mol. The summed E-state index contributed by atoms with van der Waals surface area (Å²) in [7, 11) is -3.93. The minimum absolute atomic E-state index is 0.0896. The van der Waals surface area contributed by atoms with Gasteiger partial charge >= 0.3 is 6.09 Å². The van der Waals surface area contributed by atoms with Crippen LogP contribution in [0.3, 0.4) is 0 Å². The van der Waals surface area contributed by atoms with Crippen LogP contribution in [0.4, 0.5) is 4.79 Å². The van der Waals surface area contributed by atoms with Crippen LogP contribution < -0.4 is 5.32 Å². The van der Waals surface area contributed by atoms with Crippen molar-refractivity contribution in [3.05, 3.63) is 64.7 Å². The second-order valence-corrected chi connectivity index (χ2v) is 11.0. The molecule has 3 rings (SSSR count). The second kappa shape index (κ2) is 7.71. The average molecular weight is 450 g/mol. The average Bonchev–Trinajstić information content (AvgIpc) is 3.30. The fraction of sp³-hybridized carbons (Fsp3) is 0.364. The molecule has 0 saturated heterocycles. The van der Waals surface area contributed by atoms with Crippen LogP contribution in [0, 0.1) is 6.92 Å². The first-order valence-corrected chi connectivity index (χ1v) is 11.4. The van der Waals surface area contributed by atoms with Gasteiger partial charge in [-0.15, -0.1) is 0 Å². The van der Waals surface area contributed by atoms with Gasteiger partial charge < -0.3 is 14.8 Å². The van der Waals surface area contributed by atoms with Gasteiger partial charge in [0, 0.05) is 10.9 Å². The highest BCUT2D eigenvalue weighted by atomic mass is 35.5. The zero-order valence-electron chi connectivity index (χ0n) is 17.2. The molecule has 2 aromatic carbocycles. The molecule has 30 heavy (non-hydrogen) atoms. The number of hydrogen-bond acceptors (Lipinski definition) is 5. The van der Waals surface area contributed by atoms with Gasteiger partial charge in [0.15, 0.2) is 9.84 Å². The summed E-state index contributed by atoms with van der Waals surface area (Å²) in [6.45, 7) is 6.91. The number of carbonyl (C=O) groups excluding carboxylic acids is 2. The molecule has 3 atom stereocenters. The number of amides is 1. The molecule has 1 N–H and O–H groups in total. The maximum atomic E-state index is 13.4. The zero-order valence-corrected chi connectivity index (χ0v) is 18.8. The first-order chi connectivity index (χ1) is 13.9. The van der Waals surface area contributed by atoms with Crippen molar-refractivity contribution in [1.82, 2.24) is 5.32 Å². The summed E-state index contributed by atoms with van der Waals surface area (Å²) in [5, 5.41) is 1.85. The Morgan fingerprint density at radius 3 is 2.17 bits per heavy atom. The van der Waals surface area contributed by atoms with E-state index in [1.54, 1.807) is 57.2 Å². The topological polar surface area (TPSA) is 89.5 Å². The van der Waals surface area contributed by atoms with Crippen molar-refractivity contribution in [2.45, 2.75) is 54.9 Å². The Balaban J connectivity index is 2.04. The van der Waals surface area contributed by atoms with Crippen molar-refractivity contribution in [2.75, 3.05) is 0 Å². The predicted octanol–water partition coefficient (Wildman–Crippen LogP) is 4.05. The lowest BCUT2D eigenvalue weighted by Gasteiger charge is -2.22. The van der Waals surface area contributed by atoms with Crippen molar-refractivity contribution in [3.63, 3.8) is 0 Å². The highest BCUT2D eigenvalue weighted by Gasteiger charge is 2.73. The highest BCUT2D eigenvalue weighted by Crippen LogP contribution is 2.56. The Morgan fingerprint density at radius 1 is 1.10 bits per heavy atom. The largest absolute Gasteiger partial charge is 0.444 e. The van der Waals surface area contributed by atoms with E-state index in [0.29, 0.717) is 16.9 Å². The molecule has 0 heterocycles. The van der Waals surface area contributed by atoms with E-state index in [1.807, 2.05) is 6.92 Å². The van der Waals surface area contributed by atoms with Crippen LogP contribution in [0.25, 0.3) is 0 Å². The van der Waals surface area contributed by atoms with Crippen molar-refractivity contribution < 1.29 is 22.7 Å². The van der Waals surface area contributed by atoms with Crippen LogP contribution in [-0.4, -0.2) is 37.2 Å². The third-order valence-corrected chi connectivity index (χ3v) is 7.52. The van der Waals surface area contributed by atoms with Gasteiger partial charge in [-0.25, -0.2) is 13.2 Å². The van der Waals surface area contributed by atoms with Gasteiger partial charge in [-0.3, -0.25) is 0 Å². The van der Waals surface area contributed by atoms with Crippen LogP contribution in [0.1, 0.15) is 37.8 Å². The first kappa shape index (κ1) is 22.3. The van der Waals surface area contributed by atoms with Crippen molar-refractivity contribution in [3.8, 4) is 0 Å². The standard InChI is InChI=1S/C22H24ClNO5S/c1-14-5-11-17(12-6-14)30(27,28)19-18(15-7-9-16(23)10-8-15)22(19,13-25)24-20(26)29-21(2,3)4/h5-13,18-19H,1-4H3,(H,24,26)/t18-,19-,22+/m0/s1. The van der Waals surface area contributed by atoms with Crippen LogP contribution in [-0.2, 0) is 19.4 Å². The molecule has 1 fully saturated rings. The lowest BCUT2D eigenvalue weighted by molar-refractivity contribution is -0.110. The number of hydrogen-bond donors (Lipinski definition) is 1. The van der Waals surface area contributed by atoms with Gasteiger partial charge in [0.1, 0.15) is 22.7 Å². The van der Waals surface area contributed by atoms with Gasteiger partial charge in [0.05, 0.1) is 4.90 Å². The highest BCUT2D eigenvalue weighted by molar-refractivity contribution is 7.92. The number of ether oxygens (including phenoxy) is 1. The maximum Gasteiger partial charge on any atom is 0.408 e. The second-order valence-electron chi connectivity index (χ2n) is 8.49. The first-order valence-electron chi connectivity index (χ1n) is 9.44. The molecule has 0 radical (unpaired) electrons. The maximum absolute atomic E-state index is 13.4. The van der Waals surface area contributed by atoms with Gasteiger partial charge in [-0.2, -0.15) is 0 Å². The summed E-state index contributed by atoms with van der Waals surface area (Å²) in [6, 6.07) is 12.9. The molecule has 1 saturated carbocycles. The van der Waals surface area contributed by atoms with Crippen LogP contribution in [0.15, 0.2) is 53.4 Å². The van der Waals surface area contributed by atoms with E-state index in [-0.39, 0.29) is 4.90 Å². The lowest BCUT2D eigenvalue weighted by atomic mass is 10.1. The molecule has 6 nitrogen and oxygen atoms in total. The van der Waals surface area contributed by atoms with Gasteiger partial charge in [-0.1, -0.05) is 41.4 Å². The Kier molecular flexibility index (Phi) is 5.73. The lowest BCUT2D eigenvalue weighted by Crippen LogP contribution is -2.45. The van der Waals surface area contributed by atoms with E-state index < -0.39 is 38.2 Å². The number of alkyl carbamates (subject to hydrolysis) is 1. The number of aldehydes is 1. The molecule has 0 aliphatic heterocycles. The third kappa shape index (κ3) is 4.23. The number of carbonyl (C=O) groups is 2. The molecule has 1 amide bonds. The Labute approximate surface area is 181 Å². The van der Waals surface area contributed by atoms with E-state index >= 15 is 0 Å². The Morgan fingerprint density at radius 2 is 1.67 bits per heavy atom. The molecule has 0 spiro atoms. The normalized spacial score (nSPS) is 23.5. The molecule has 0 bridgehead atoms. The molecule has 2 aromatic rings. The number of aryl methyl sites for hydroxylation is 1. The van der Waals surface area contributed by atoms with Crippen molar-refractivity contribution in [1.29, 1.82) is 0 Å². The molecule has 1 aliphatic rings. The fourth-order valence-electron chi connectivity index (χ4n) is 3.60. The quantitative estimate of drug-likeness (QED) is 0.695. The van der Waals surface area contributed by atoms with Gasteiger partial charge in [0.2, 0.25) is 0 Å². The third-order valence-electron chi connectivity index (χ3n) is 5.00.